The predicted molar refractivity (Wildman–Crippen MR) is 285 cm³/mol. The second-order valence-electron chi connectivity index (χ2n) is 22.0. The Morgan fingerprint density at radius 2 is 1.74 bits per heavy atom. The molecule has 12 nitrogen and oxygen atoms in total. The number of allylic oxidation sites excluding steroid dienone is 3. The Kier molecular flexibility index (Phi) is 14.7. The van der Waals surface area contributed by atoms with E-state index in [0.29, 0.717) is 41.9 Å². The first-order valence-electron chi connectivity index (χ1n) is 26.9. The number of carbonyl (C=O) groups excluding carboxylic acids is 4. The van der Waals surface area contributed by atoms with Gasteiger partial charge < -0.3 is 10.2 Å². The van der Waals surface area contributed by atoms with E-state index in [2.05, 4.69) is 107 Å². The molecule has 4 aromatic rings. The molecule has 3 saturated heterocycles. The third-order valence-electron chi connectivity index (χ3n) is 17.2. The molecule has 72 heavy (non-hydrogen) atoms. The van der Waals surface area contributed by atoms with E-state index in [1.807, 2.05) is 31.6 Å². The van der Waals surface area contributed by atoms with Crippen molar-refractivity contribution < 1.29 is 23.8 Å². The summed E-state index contributed by atoms with van der Waals surface area (Å²) < 4.78 is 1.56. The molecule has 2 aliphatic carbocycles. The highest BCUT2D eigenvalue weighted by Crippen LogP contribution is 2.41. The van der Waals surface area contributed by atoms with Gasteiger partial charge in [-0.3, -0.25) is 29.6 Å². The summed E-state index contributed by atoms with van der Waals surface area (Å²) in [6.07, 6.45) is 22.5. The van der Waals surface area contributed by atoms with Crippen molar-refractivity contribution >= 4 is 53.2 Å². The van der Waals surface area contributed by atoms with Gasteiger partial charge >= 0.3 is 6.03 Å². The molecule has 5 amide bonds. The topological polar surface area (TPSA) is 131 Å². The number of aromatic nitrogens is 2. The molecule has 12 heteroatoms. The number of nitrogens with zero attached hydrogens (tertiary/aromatic N) is 6. The lowest BCUT2D eigenvalue weighted by Gasteiger charge is -2.40. The van der Waals surface area contributed by atoms with Crippen molar-refractivity contribution in [2.24, 2.45) is 35.5 Å². The number of carbonyl (C=O) groups is 4. The molecule has 10 rings (SSSR count). The number of amides is 5. The van der Waals surface area contributed by atoms with Crippen LogP contribution in [-0.4, -0.2) is 94.6 Å². The monoisotopic (exact) mass is 970 g/mol. The molecule has 1 saturated carbocycles. The van der Waals surface area contributed by atoms with Crippen LogP contribution in [0.3, 0.4) is 0 Å². The zero-order valence-corrected chi connectivity index (χ0v) is 43.0. The van der Waals surface area contributed by atoms with Crippen molar-refractivity contribution in [1.82, 2.24) is 25.1 Å². The zero-order valence-electron chi connectivity index (χ0n) is 43.0. The molecule has 6 aliphatic rings. The lowest BCUT2D eigenvalue weighted by atomic mass is 9.77. The number of likely N-dealkylation sites (tertiary alicyclic amines) is 2. The van der Waals surface area contributed by atoms with Crippen LogP contribution < -0.4 is 15.5 Å². The van der Waals surface area contributed by atoms with Crippen molar-refractivity contribution in [3.63, 3.8) is 0 Å². The van der Waals surface area contributed by atoms with E-state index < -0.39 is 5.92 Å². The molecule has 2 aromatic carbocycles. The second-order valence-corrected chi connectivity index (χ2v) is 22.0. The van der Waals surface area contributed by atoms with Gasteiger partial charge in [0.1, 0.15) is 5.82 Å². The number of benzene rings is 2. The number of anilines is 2. The van der Waals surface area contributed by atoms with Crippen molar-refractivity contribution in [2.75, 3.05) is 50.5 Å². The molecule has 4 fully saturated rings. The maximum atomic E-state index is 13.8. The van der Waals surface area contributed by atoms with Crippen LogP contribution in [0.5, 0.6) is 0 Å². The van der Waals surface area contributed by atoms with Crippen LogP contribution in [0.4, 0.5) is 22.0 Å². The van der Waals surface area contributed by atoms with E-state index >= 15 is 0 Å². The van der Waals surface area contributed by atoms with Crippen LogP contribution in [0, 0.1) is 35.5 Å². The highest BCUT2D eigenvalue weighted by atomic mass is 16.2. The predicted octanol–water partition coefficient (Wildman–Crippen LogP) is 10.8. The number of imide groups is 1. The number of hydrogen-bond acceptors (Lipinski definition) is 8. The van der Waals surface area contributed by atoms with Gasteiger partial charge in [0.05, 0.1) is 19.2 Å². The van der Waals surface area contributed by atoms with Crippen molar-refractivity contribution in [3.05, 3.63) is 118 Å². The van der Waals surface area contributed by atoms with Gasteiger partial charge in [-0.25, -0.2) is 4.98 Å². The number of hydrogen-bond donors (Lipinski definition) is 2. The van der Waals surface area contributed by atoms with Gasteiger partial charge in [0.15, 0.2) is 11.4 Å². The Labute approximate surface area is 426 Å². The molecule has 376 valence electrons. The number of pyridine rings is 2. The van der Waals surface area contributed by atoms with Gasteiger partial charge in [-0.2, -0.15) is 14.3 Å². The van der Waals surface area contributed by atoms with E-state index in [4.69, 9.17) is 4.98 Å². The zero-order chi connectivity index (χ0) is 50.0. The fraction of sp³-hybridized carbons (Fsp3) is 0.483. The van der Waals surface area contributed by atoms with Gasteiger partial charge in [-0.15, -0.1) is 0 Å². The highest BCUT2D eigenvalue weighted by Gasteiger charge is 2.41. The highest BCUT2D eigenvalue weighted by molar-refractivity contribution is 6.06. The van der Waals surface area contributed by atoms with Gasteiger partial charge in [-0.05, 0) is 172 Å². The summed E-state index contributed by atoms with van der Waals surface area (Å²) in [4.78, 5) is 66.8. The molecule has 6 heterocycles. The number of urea groups is 1. The van der Waals surface area contributed by atoms with Crippen LogP contribution in [0.1, 0.15) is 130 Å². The molecule has 2 N–H and O–H groups in total. The lowest BCUT2D eigenvalue weighted by molar-refractivity contribution is -0.319. The van der Waals surface area contributed by atoms with Crippen LogP contribution >= 0.6 is 0 Å². The van der Waals surface area contributed by atoms with E-state index in [-0.39, 0.29) is 30.2 Å². The maximum absolute atomic E-state index is 13.8. The van der Waals surface area contributed by atoms with Crippen LogP contribution in [0.25, 0.3) is 17.2 Å². The van der Waals surface area contributed by atoms with Crippen molar-refractivity contribution in [1.29, 1.82) is 0 Å². The first kappa shape index (κ1) is 49.3. The summed E-state index contributed by atoms with van der Waals surface area (Å²) in [5.74, 6) is 3.10. The fourth-order valence-corrected chi connectivity index (χ4v) is 12.8. The largest absolute Gasteiger partial charge is 0.503 e. The van der Waals surface area contributed by atoms with Gasteiger partial charge in [-0.1, -0.05) is 62.3 Å². The van der Waals surface area contributed by atoms with E-state index in [1.165, 1.54) is 59.2 Å². The first-order chi connectivity index (χ1) is 34.9. The third-order valence-corrected chi connectivity index (χ3v) is 17.2. The molecular weight excluding hydrogens is 897 g/mol. The summed E-state index contributed by atoms with van der Waals surface area (Å²) in [7, 11) is 3.67. The molecule has 0 spiro atoms. The molecule has 4 unspecified atom stereocenters. The molecule has 2 aromatic heterocycles. The summed E-state index contributed by atoms with van der Waals surface area (Å²) >= 11 is 0. The normalized spacial score (nSPS) is 25.7. The van der Waals surface area contributed by atoms with E-state index in [0.717, 1.165) is 99.6 Å². The SMILES string of the molecule is CNc1ccc(-c2ccnc3c2C=C(C(C)/C=C2/CCCC(c4ccc(C(=O)N5CCC(CC6CCN(Cc7ccc8c(c7)N(C)C(=O)/[N+]8=C\C7CCC(=O)NC7=O)C[C@@H]6C)CC5)cc4)CC2)[C@@H](C)C3)cn1. The summed E-state index contributed by atoms with van der Waals surface area (Å²) in [5, 5.41) is 5.51. The average molecular weight is 970 g/mol. The third kappa shape index (κ3) is 10.6. The number of piperidine rings is 3. The number of nitrogens with one attached hydrogen (secondary N) is 2. The molecular formula is C60H73N8O4+. The van der Waals surface area contributed by atoms with Gasteiger partial charge in [0, 0.05) is 74.4 Å². The Morgan fingerprint density at radius 1 is 0.917 bits per heavy atom. The van der Waals surface area contributed by atoms with E-state index in [1.54, 1.807) is 28.3 Å². The second kappa shape index (κ2) is 21.4. The maximum Gasteiger partial charge on any atom is 0.503 e. The smallest absolute Gasteiger partial charge is 0.373 e. The summed E-state index contributed by atoms with van der Waals surface area (Å²) in [6, 6.07) is 20.9. The van der Waals surface area contributed by atoms with Crippen LogP contribution in [0.15, 0.2) is 90.3 Å². The Hall–Kier alpha value is -6.27. The van der Waals surface area contributed by atoms with Gasteiger partial charge in [0.2, 0.25) is 11.8 Å². The molecule has 0 bridgehead atoms. The standard InChI is InChI=1S/C60H72N8O4/c1-38(51-33-52-50(21-25-62-53(52)30-39(51)2)48-16-19-56(61-4)63-34-48)29-41-7-6-8-44(11-9-41)45-12-14-46(15-13-45)59(71)67-27-22-42(23-28-67)31-47-24-26-66(35-40(47)3)36-43-10-18-54-55(32-43)65(5)60(72)68(54)37-49-17-20-57(69)64-58(49)70/h10,12-16,18-19,21,25,29,32-34,37-40,42,44,47,49H,6-9,11,17,20,22-24,26-28,30-31,35-36H2,1-5H3,(H-,61,62,63,64,69,70)/p+1/b41-29-,68-37-/t38?,39-,40-,44?,47?,49?/m0/s1. The van der Waals surface area contributed by atoms with Crippen LogP contribution in [0.2, 0.25) is 0 Å². The minimum absolute atomic E-state index is 0.171. The Balaban J connectivity index is 0.679. The van der Waals surface area contributed by atoms with Crippen molar-refractivity contribution in [2.45, 2.75) is 110 Å². The molecule has 4 aliphatic heterocycles. The molecule has 6 atom stereocenters. The fourth-order valence-electron chi connectivity index (χ4n) is 12.8. The van der Waals surface area contributed by atoms with Crippen molar-refractivity contribution in [3.8, 4) is 11.1 Å². The molecule has 0 radical (unpaired) electrons. The minimum atomic E-state index is -0.520. The Bertz CT molecular complexity index is 2790. The van der Waals surface area contributed by atoms with Crippen LogP contribution in [-0.2, 0) is 22.6 Å². The summed E-state index contributed by atoms with van der Waals surface area (Å²) in [5.41, 5.74) is 12.7. The van der Waals surface area contributed by atoms with Gasteiger partial charge in [0.25, 0.3) is 5.91 Å². The minimum Gasteiger partial charge on any atom is -0.373 e. The summed E-state index contributed by atoms with van der Waals surface area (Å²) in [6.45, 7) is 11.7. The first-order valence-corrected chi connectivity index (χ1v) is 26.9. The quantitative estimate of drug-likeness (QED) is 0.0658. The number of rotatable bonds is 11. The Morgan fingerprint density at radius 3 is 2.49 bits per heavy atom. The number of fused-ring (bicyclic) bond motifs is 2. The van der Waals surface area contributed by atoms with E-state index in [9.17, 15) is 19.2 Å². The lowest BCUT2D eigenvalue weighted by Crippen LogP contribution is -2.42. The average Bonchev–Trinajstić information content (AvgIpc) is 3.49.